The standard InChI is InChI=1S/C24H20F2N4O2/c1-14-6-4-5-7-18(14)24-29-28-23(32-24)16-10-8-15(9-11-16)22(31)27-17-12-19(25)21(30(2)3)20(26)13-17/h4-13H,1-3H3,(H,27,31). The van der Waals surface area contributed by atoms with E-state index < -0.39 is 17.5 Å². The van der Waals surface area contributed by atoms with Crippen molar-refractivity contribution in [3.63, 3.8) is 0 Å². The Kier molecular flexibility index (Phi) is 5.68. The first-order valence-electron chi connectivity index (χ1n) is 9.81. The number of carbonyl (C=O) groups excluding carboxylic acids is 1. The molecular formula is C24H20F2N4O2. The van der Waals surface area contributed by atoms with Gasteiger partial charge in [-0.15, -0.1) is 10.2 Å². The van der Waals surface area contributed by atoms with Gasteiger partial charge in [-0.2, -0.15) is 0 Å². The SMILES string of the molecule is Cc1ccccc1-c1nnc(-c2ccc(C(=O)Nc3cc(F)c(N(C)C)c(F)c3)cc2)o1. The number of nitrogens with one attached hydrogen (secondary N) is 1. The van der Waals surface area contributed by atoms with Gasteiger partial charge in [-0.3, -0.25) is 4.79 Å². The highest BCUT2D eigenvalue weighted by Gasteiger charge is 2.16. The monoisotopic (exact) mass is 434 g/mol. The summed E-state index contributed by atoms with van der Waals surface area (Å²) >= 11 is 0. The number of nitrogens with zero attached hydrogens (tertiary/aromatic N) is 3. The van der Waals surface area contributed by atoms with Crippen LogP contribution in [-0.2, 0) is 0 Å². The number of benzene rings is 3. The fraction of sp³-hybridized carbons (Fsp3) is 0.125. The van der Waals surface area contributed by atoms with Crippen molar-refractivity contribution < 1.29 is 18.0 Å². The number of carbonyl (C=O) groups is 1. The molecule has 0 unspecified atom stereocenters. The number of hydrogen-bond acceptors (Lipinski definition) is 5. The third kappa shape index (κ3) is 4.20. The van der Waals surface area contributed by atoms with Crippen molar-refractivity contribution in [1.82, 2.24) is 10.2 Å². The summed E-state index contributed by atoms with van der Waals surface area (Å²) in [6.45, 7) is 1.96. The zero-order valence-corrected chi connectivity index (χ0v) is 17.7. The lowest BCUT2D eigenvalue weighted by atomic mass is 10.1. The van der Waals surface area contributed by atoms with Crippen molar-refractivity contribution in [3.05, 3.63) is 83.4 Å². The summed E-state index contributed by atoms with van der Waals surface area (Å²) in [5.41, 5.74) is 2.67. The van der Waals surface area contributed by atoms with E-state index in [-0.39, 0.29) is 11.4 Å². The van der Waals surface area contributed by atoms with E-state index in [9.17, 15) is 13.6 Å². The third-order valence-corrected chi connectivity index (χ3v) is 4.92. The van der Waals surface area contributed by atoms with Crippen LogP contribution < -0.4 is 10.2 Å². The van der Waals surface area contributed by atoms with E-state index in [4.69, 9.17) is 4.42 Å². The lowest BCUT2D eigenvalue weighted by Gasteiger charge is -2.16. The van der Waals surface area contributed by atoms with Gasteiger partial charge in [0.15, 0.2) is 11.6 Å². The topological polar surface area (TPSA) is 71.3 Å². The van der Waals surface area contributed by atoms with Crippen LogP contribution in [0.15, 0.2) is 65.1 Å². The van der Waals surface area contributed by atoms with E-state index in [0.717, 1.165) is 23.3 Å². The second kappa shape index (κ2) is 8.58. The molecule has 0 aliphatic heterocycles. The number of aryl methyl sites for hydroxylation is 1. The summed E-state index contributed by atoms with van der Waals surface area (Å²) < 4.78 is 34.1. The van der Waals surface area contributed by atoms with E-state index in [2.05, 4.69) is 15.5 Å². The number of anilines is 2. The van der Waals surface area contributed by atoms with Gasteiger partial charge in [0.25, 0.3) is 5.91 Å². The molecule has 0 aliphatic carbocycles. The van der Waals surface area contributed by atoms with Crippen LogP contribution >= 0.6 is 0 Å². The molecule has 0 saturated carbocycles. The van der Waals surface area contributed by atoms with Crippen LogP contribution in [0, 0.1) is 18.6 Å². The van der Waals surface area contributed by atoms with Crippen molar-refractivity contribution in [3.8, 4) is 22.9 Å². The largest absolute Gasteiger partial charge is 0.416 e. The maximum absolute atomic E-state index is 14.1. The summed E-state index contributed by atoms with van der Waals surface area (Å²) in [6.07, 6.45) is 0. The number of rotatable bonds is 5. The van der Waals surface area contributed by atoms with Gasteiger partial charge in [0.05, 0.1) is 0 Å². The Balaban J connectivity index is 1.51. The molecule has 0 bridgehead atoms. The molecule has 0 aliphatic rings. The van der Waals surface area contributed by atoms with E-state index in [1.54, 1.807) is 24.3 Å². The highest BCUT2D eigenvalue weighted by molar-refractivity contribution is 6.04. The van der Waals surface area contributed by atoms with Crippen LogP contribution in [0.1, 0.15) is 15.9 Å². The Labute approximate surface area is 183 Å². The summed E-state index contributed by atoms with van der Waals surface area (Å²) in [4.78, 5) is 13.8. The Hall–Kier alpha value is -4.07. The van der Waals surface area contributed by atoms with Crippen molar-refractivity contribution >= 4 is 17.3 Å². The molecule has 0 saturated heterocycles. The molecular weight excluding hydrogens is 414 g/mol. The highest BCUT2D eigenvalue weighted by atomic mass is 19.1. The Morgan fingerprint density at radius 1 is 0.938 bits per heavy atom. The van der Waals surface area contributed by atoms with Gasteiger partial charge in [-0.05, 0) is 55.0 Å². The van der Waals surface area contributed by atoms with Gasteiger partial charge in [0.2, 0.25) is 11.8 Å². The fourth-order valence-corrected chi connectivity index (χ4v) is 3.29. The zero-order chi connectivity index (χ0) is 22.8. The quantitative estimate of drug-likeness (QED) is 0.461. The normalized spacial score (nSPS) is 10.8. The zero-order valence-electron chi connectivity index (χ0n) is 17.7. The maximum Gasteiger partial charge on any atom is 0.255 e. The Bertz CT molecular complexity index is 1260. The molecule has 4 rings (SSSR count). The molecule has 1 heterocycles. The van der Waals surface area contributed by atoms with E-state index in [0.29, 0.717) is 22.9 Å². The van der Waals surface area contributed by atoms with E-state index in [1.165, 1.54) is 19.0 Å². The predicted molar refractivity (Wildman–Crippen MR) is 119 cm³/mol. The van der Waals surface area contributed by atoms with Crippen LogP contribution in [-0.4, -0.2) is 30.2 Å². The molecule has 0 atom stereocenters. The van der Waals surface area contributed by atoms with Crippen molar-refractivity contribution in [2.24, 2.45) is 0 Å². The van der Waals surface area contributed by atoms with Crippen LogP contribution in [0.25, 0.3) is 22.9 Å². The summed E-state index contributed by atoms with van der Waals surface area (Å²) in [5.74, 6) is -1.30. The van der Waals surface area contributed by atoms with Crippen molar-refractivity contribution in [2.45, 2.75) is 6.92 Å². The highest BCUT2D eigenvalue weighted by Crippen LogP contribution is 2.27. The summed E-state index contributed by atoms with van der Waals surface area (Å²) in [5, 5.41) is 10.7. The Morgan fingerprint density at radius 3 is 2.19 bits per heavy atom. The first-order valence-corrected chi connectivity index (χ1v) is 9.81. The molecule has 0 radical (unpaired) electrons. The van der Waals surface area contributed by atoms with Gasteiger partial charge in [-0.25, -0.2) is 8.78 Å². The first-order chi connectivity index (χ1) is 15.3. The molecule has 32 heavy (non-hydrogen) atoms. The molecule has 1 amide bonds. The molecule has 3 aromatic carbocycles. The second-order valence-electron chi connectivity index (χ2n) is 7.44. The van der Waals surface area contributed by atoms with E-state index >= 15 is 0 Å². The number of halogens is 2. The molecule has 4 aromatic rings. The summed E-state index contributed by atoms with van der Waals surface area (Å²) in [6, 6.07) is 16.3. The van der Waals surface area contributed by atoms with Gasteiger partial charge < -0.3 is 14.6 Å². The first kappa shape index (κ1) is 21.2. The number of amides is 1. The molecule has 0 fully saturated rings. The molecule has 1 N–H and O–H groups in total. The molecule has 8 heteroatoms. The average molecular weight is 434 g/mol. The molecule has 6 nitrogen and oxygen atoms in total. The smallest absolute Gasteiger partial charge is 0.255 e. The van der Waals surface area contributed by atoms with Crippen LogP contribution in [0.2, 0.25) is 0 Å². The number of aromatic nitrogens is 2. The van der Waals surface area contributed by atoms with E-state index in [1.807, 2.05) is 31.2 Å². The second-order valence-corrected chi connectivity index (χ2v) is 7.44. The predicted octanol–water partition coefficient (Wildman–Crippen LogP) is 5.31. The minimum Gasteiger partial charge on any atom is -0.416 e. The molecule has 0 spiro atoms. The number of hydrogen-bond donors (Lipinski definition) is 1. The minimum atomic E-state index is -0.763. The van der Waals surface area contributed by atoms with Crippen LogP contribution in [0.3, 0.4) is 0 Å². The minimum absolute atomic E-state index is 0.0273. The molecule has 1 aromatic heterocycles. The lowest BCUT2D eigenvalue weighted by Crippen LogP contribution is -2.15. The lowest BCUT2D eigenvalue weighted by molar-refractivity contribution is 0.102. The van der Waals surface area contributed by atoms with Crippen molar-refractivity contribution in [1.29, 1.82) is 0 Å². The summed E-state index contributed by atoms with van der Waals surface area (Å²) in [7, 11) is 3.07. The van der Waals surface area contributed by atoms with Gasteiger partial charge >= 0.3 is 0 Å². The van der Waals surface area contributed by atoms with Crippen LogP contribution in [0.4, 0.5) is 20.2 Å². The molecule has 162 valence electrons. The maximum atomic E-state index is 14.1. The fourth-order valence-electron chi connectivity index (χ4n) is 3.29. The van der Waals surface area contributed by atoms with Gasteiger partial charge in [0.1, 0.15) is 5.69 Å². The van der Waals surface area contributed by atoms with Crippen molar-refractivity contribution in [2.75, 3.05) is 24.3 Å². The average Bonchev–Trinajstić information content (AvgIpc) is 3.23. The van der Waals surface area contributed by atoms with Gasteiger partial charge in [0, 0.05) is 36.5 Å². The third-order valence-electron chi connectivity index (χ3n) is 4.92. The van der Waals surface area contributed by atoms with Crippen LogP contribution in [0.5, 0.6) is 0 Å². The Morgan fingerprint density at radius 2 is 1.56 bits per heavy atom. The van der Waals surface area contributed by atoms with Gasteiger partial charge in [-0.1, -0.05) is 18.2 Å².